The van der Waals surface area contributed by atoms with Gasteiger partial charge in [-0.05, 0) is 41.8 Å². The summed E-state index contributed by atoms with van der Waals surface area (Å²) in [5.41, 5.74) is 2.91. The molecule has 0 fully saturated rings. The van der Waals surface area contributed by atoms with Gasteiger partial charge in [-0.3, -0.25) is 14.4 Å². The van der Waals surface area contributed by atoms with Crippen molar-refractivity contribution in [2.45, 2.75) is 17.9 Å². The molecule has 0 bridgehead atoms. The minimum Gasteiger partial charge on any atom is -0.452 e. The molecule has 9 nitrogen and oxygen atoms in total. The van der Waals surface area contributed by atoms with Crippen LogP contribution in [0.2, 0.25) is 0 Å². The maximum Gasteiger partial charge on any atom is 0.338 e. The van der Waals surface area contributed by atoms with Crippen LogP contribution in [0.4, 0.5) is 5.69 Å². The molecule has 0 aromatic heterocycles. The maximum atomic E-state index is 13.3. The Morgan fingerprint density at radius 3 is 2.24 bits per heavy atom. The number of nitrogens with zero attached hydrogens (tertiary/aromatic N) is 1. The van der Waals surface area contributed by atoms with Gasteiger partial charge in [-0.1, -0.05) is 66.7 Å². The van der Waals surface area contributed by atoms with E-state index in [2.05, 4.69) is 5.32 Å². The molecule has 1 aliphatic carbocycles. The number of hydrogen-bond acceptors (Lipinski definition) is 7. The zero-order chi connectivity index (χ0) is 29.4. The molecule has 6 rings (SSSR count). The monoisotopic (exact) mass is 580 g/mol. The average Bonchev–Trinajstić information content (AvgIpc) is 3.02. The van der Waals surface area contributed by atoms with E-state index in [0.29, 0.717) is 18.5 Å². The van der Waals surface area contributed by atoms with Crippen LogP contribution in [0, 0.1) is 0 Å². The Kier molecular flexibility index (Phi) is 7.01. The van der Waals surface area contributed by atoms with Crippen LogP contribution in [0.15, 0.2) is 95.9 Å². The predicted molar refractivity (Wildman–Crippen MR) is 153 cm³/mol. The fourth-order valence-electron chi connectivity index (χ4n) is 5.26. The van der Waals surface area contributed by atoms with Gasteiger partial charge in [0, 0.05) is 29.8 Å². The molecular formula is C32H24N2O7S. The van der Waals surface area contributed by atoms with Crippen molar-refractivity contribution in [3.63, 3.8) is 0 Å². The zero-order valence-corrected chi connectivity index (χ0v) is 23.0. The van der Waals surface area contributed by atoms with Crippen molar-refractivity contribution < 1.29 is 32.3 Å². The molecule has 1 aliphatic heterocycles. The van der Waals surface area contributed by atoms with Crippen LogP contribution in [0.5, 0.6) is 0 Å². The van der Waals surface area contributed by atoms with Crippen LogP contribution in [-0.4, -0.2) is 49.3 Å². The molecule has 0 spiro atoms. The lowest BCUT2D eigenvalue weighted by molar-refractivity contribution is -0.119. The lowest BCUT2D eigenvalue weighted by Crippen LogP contribution is -2.36. The highest BCUT2D eigenvalue weighted by atomic mass is 32.2. The third kappa shape index (κ3) is 4.91. The number of esters is 1. The van der Waals surface area contributed by atoms with E-state index in [1.165, 1.54) is 40.7 Å². The van der Waals surface area contributed by atoms with Crippen molar-refractivity contribution in [2.24, 2.45) is 0 Å². The Hall–Kier alpha value is -4.93. The summed E-state index contributed by atoms with van der Waals surface area (Å²) in [6.45, 7) is -0.144. The molecule has 1 heterocycles. The molecule has 0 saturated carbocycles. The summed E-state index contributed by atoms with van der Waals surface area (Å²) >= 11 is 0. The van der Waals surface area contributed by atoms with E-state index in [1.807, 2.05) is 24.3 Å². The molecule has 4 aromatic rings. The molecule has 0 radical (unpaired) electrons. The molecule has 0 saturated heterocycles. The van der Waals surface area contributed by atoms with Gasteiger partial charge < -0.3 is 10.1 Å². The number of carbonyl (C=O) groups is 4. The highest BCUT2D eigenvalue weighted by Crippen LogP contribution is 2.32. The number of ether oxygens (including phenoxy) is 1. The number of hydrogen-bond donors (Lipinski definition) is 1. The second-order valence-electron chi connectivity index (χ2n) is 9.94. The first-order chi connectivity index (χ1) is 20.2. The number of anilines is 1. The minimum absolute atomic E-state index is 0.0317. The highest BCUT2D eigenvalue weighted by molar-refractivity contribution is 7.89. The number of carbonyl (C=O) groups excluding carboxylic acids is 4. The predicted octanol–water partition coefficient (Wildman–Crippen LogP) is 4.00. The second kappa shape index (κ2) is 10.8. The van der Waals surface area contributed by atoms with Crippen molar-refractivity contribution in [1.29, 1.82) is 0 Å². The lowest BCUT2D eigenvalue weighted by atomic mass is 9.83. The summed E-state index contributed by atoms with van der Waals surface area (Å²) < 4.78 is 33.2. The lowest BCUT2D eigenvalue weighted by Gasteiger charge is -2.28. The van der Waals surface area contributed by atoms with E-state index < -0.39 is 34.3 Å². The topological polar surface area (TPSA) is 127 Å². The van der Waals surface area contributed by atoms with E-state index in [9.17, 15) is 27.6 Å². The zero-order valence-electron chi connectivity index (χ0n) is 22.2. The first kappa shape index (κ1) is 27.3. The van der Waals surface area contributed by atoms with Gasteiger partial charge in [-0.25, -0.2) is 13.2 Å². The molecule has 4 aromatic carbocycles. The van der Waals surface area contributed by atoms with E-state index in [0.717, 1.165) is 11.1 Å². The number of amides is 1. The summed E-state index contributed by atoms with van der Waals surface area (Å²) in [6, 6.07) is 24.2. The molecule has 210 valence electrons. The van der Waals surface area contributed by atoms with Crippen molar-refractivity contribution in [2.75, 3.05) is 18.5 Å². The van der Waals surface area contributed by atoms with Gasteiger partial charge >= 0.3 is 5.97 Å². The highest BCUT2D eigenvalue weighted by Gasteiger charge is 2.32. The number of sulfonamides is 1. The summed E-state index contributed by atoms with van der Waals surface area (Å²) in [5, 5.41) is 2.55. The van der Waals surface area contributed by atoms with Crippen molar-refractivity contribution >= 4 is 39.2 Å². The maximum absolute atomic E-state index is 13.3. The van der Waals surface area contributed by atoms with Crippen molar-refractivity contribution in [1.82, 2.24) is 4.31 Å². The average molecular weight is 581 g/mol. The fraction of sp³-hybridized carbons (Fsp3) is 0.125. The van der Waals surface area contributed by atoms with Gasteiger partial charge in [0.05, 0.1) is 21.7 Å². The molecule has 1 N–H and O–H groups in total. The number of benzene rings is 4. The van der Waals surface area contributed by atoms with Gasteiger partial charge in [0.25, 0.3) is 5.91 Å². The van der Waals surface area contributed by atoms with Crippen LogP contribution in [0.1, 0.15) is 53.3 Å². The Morgan fingerprint density at radius 1 is 0.786 bits per heavy atom. The van der Waals surface area contributed by atoms with Crippen molar-refractivity contribution in [3.8, 4) is 0 Å². The van der Waals surface area contributed by atoms with Gasteiger partial charge in [-0.2, -0.15) is 4.31 Å². The minimum atomic E-state index is -3.89. The normalized spacial score (nSPS) is 14.4. The van der Waals surface area contributed by atoms with Crippen LogP contribution in [0.3, 0.4) is 0 Å². The molecule has 42 heavy (non-hydrogen) atoms. The third-order valence-electron chi connectivity index (χ3n) is 7.36. The van der Waals surface area contributed by atoms with E-state index >= 15 is 0 Å². The molecule has 1 amide bonds. The quantitative estimate of drug-likeness (QED) is 0.301. The summed E-state index contributed by atoms with van der Waals surface area (Å²) in [6.07, 6.45) is 0.586. The van der Waals surface area contributed by atoms with Gasteiger partial charge in [0.2, 0.25) is 10.0 Å². The van der Waals surface area contributed by atoms with E-state index in [4.69, 9.17) is 4.74 Å². The number of fused-ring (bicyclic) bond motifs is 3. The van der Waals surface area contributed by atoms with Gasteiger partial charge in [0.1, 0.15) is 0 Å². The van der Waals surface area contributed by atoms with Crippen LogP contribution in [-0.2, 0) is 32.5 Å². The molecular weight excluding hydrogens is 556 g/mol. The summed E-state index contributed by atoms with van der Waals surface area (Å²) in [7, 11) is -3.89. The van der Waals surface area contributed by atoms with Crippen LogP contribution < -0.4 is 5.32 Å². The molecule has 2 aliphatic rings. The fourth-order valence-corrected chi connectivity index (χ4v) is 6.72. The number of rotatable bonds is 6. The first-order valence-electron chi connectivity index (χ1n) is 13.2. The number of nitrogens with one attached hydrogen (secondary N) is 1. The van der Waals surface area contributed by atoms with Gasteiger partial charge in [-0.15, -0.1) is 0 Å². The standard InChI is InChI=1S/C32H24N2O7S/c35-28(33-27-14-6-13-26-29(27)31(37)25-12-4-3-11-24(25)30(26)36)19-41-32(38)21-9-5-10-23(17-21)42(39,40)34-16-15-20-7-1-2-8-22(20)18-34/h1-14,17H,15-16,18-19H2,(H,33,35). The van der Waals surface area contributed by atoms with Gasteiger partial charge in [0.15, 0.2) is 18.2 Å². The number of ketones is 2. The van der Waals surface area contributed by atoms with Crippen molar-refractivity contribution in [3.05, 3.63) is 130 Å². The largest absolute Gasteiger partial charge is 0.452 e. The summed E-state index contributed by atoms with van der Waals surface area (Å²) in [4.78, 5) is 51.5. The van der Waals surface area contributed by atoms with Crippen LogP contribution >= 0.6 is 0 Å². The molecule has 0 unspecified atom stereocenters. The third-order valence-corrected chi connectivity index (χ3v) is 9.21. The Bertz CT molecular complexity index is 1900. The molecule has 0 atom stereocenters. The van der Waals surface area contributed by atoms with Crippen LogP contribution in [0.25, 0.3) is 0 Å². The SMILES string of the molecule is O=C(COC(=O)c1cccc(S(=O)(=O)N2CCc3ccccc3C2)c1)Nc1cccc2c1C(=O)c1ccccc1C2=O. The Balaban J connectivity index is 1.13. The second-order valence-corrected chi connectivity index (χ2v) is 11.9. The summed E-state index contributed by atoms with van der Waals surface area (Å²) in [5.74, 6) is -2.34. The Labute approximate surface area is 241 Å². The first-order valence-corrected chi connectivity index (χ1v) is 14.6. The van der Waals surface area contributed by atoms with E-state index in [-0.39, 0.29) is 45.2 Å². The Morgan fingerprint density at radius 2 is 1.45 bits per heavy atom. The van der Waals surface area contributed by atoms with E-state index in [1.54, 1.807) is 30.3 Å². The smallest absolute Gasteiger partial charge is 0.338 e. The molecule has 10 heteroatoms.